The van der Waals surface area contributed by atoms with Crippen molar-refractivity contribution in [2.45, 2.75) is 6.92 Å². The predicted molar refractivity (Wildman–Crippen MR) is 87.6 cm³/mol. The Morgan fingerprint density at radius 2 is 1.96 bits per heavy atom. The standard InChI is InChI=1S/C17H13N5O2/c1-11-8-13(10-18-9-11)15-20-16(24-21-15)12-2-4-14(5-3-12)22-7-6-19-17(22)23/h2-10H,1H3,(H,19,23). The van der Waals surface area contributed by atoms with Crippen LogP contribution in [0.2, 0.25) is 0 Å². The molecule has 0 bridgehead atoms. The zero-order valence-corrected chi connectivity index (χ0v) is 12.8. The number of benzene rings is 1. The minimum Gasteiger partial charge on any atom is -0.334 e. The van der Waals surface area contributed by atoms with Gasteiger partial charge in [0.1, 0.15) is 0 Å². The van der Waals surface area contributed by atoms with Crippen molar-refractivity contribution < 1.29 is 4.52 Å². The first-order chi connectivity index (χ1) is 11.7. The number of aromatic amines is 1. The van der Waals surface area contributed by atoms with Crippen molar-refractivity contribution >= 4 is 0 Å². The molecule has 1 aromatic carbocycles. The molecule has 0 amide bonds. The topological polar surface area (TPSA) is 89.6 Å². The molecule has 0 saturated carbocycles. The SMILES string of the molecule is Cc1cncc(-c2noc(-c3ccc(-n4cc[nH]c4=O)cc3)n2)c1. The van der Waals surface area contributed by atoms with E-state index in [1.165, 1.54) is 4.57 Å². The molecule has 0 saturated heterocycles. The third-order valence-electron chi connectivity index (χ3n) is 3.60. The van der Waals surface area contributed by atoms with Crippen molar-refractivity contribution in [2.75, 3.05) is 0 Å². The average Bonchev–Trinajstić information content (AvgIpc) is 3.24. The molecule has 4 aromatic rings. The molecule has 0 spiro atoms. The maximum absolute atomic E-state index is 11.6. The number of H-pyrrole nitrogens is 1. The number of aryl methyl sites for hydroxylation is 1. The third kappa shape index (κ3) is 2.52. The number of hydrogen-bond donors (Lipinski definition) is 1. The van der Waals surface area contributed by atoms with Gasteiger partial charge in [-0.25, -0.2) is 4.79 Å². The second kappa shape index (κ2) is 5.62. The molecule has 0 aliphatic rings. The molecular formula is C17H13N5O2. The minimum absolute atomic E-state index is 0.185. The lowest BCUT2D eigenvalue weighted by molar-refractivity contribution is 0.432. The van der Waals surface area contributed by atoms with Crippen LogP contribution in [0.15, 0.2) is 64.4 Å². The zero-order valence-electron chi connectivity index (χ0n) is 12.8. The number of nitrogens with zero attached hydrogens (tertiary/aromatic N) is 4. The van der Waals surface area contributed by atoms with Gasteiger partial charge in [0.15, 0.2) is 0 Å². The molecule has 0 radical (unpaired) electrons. The van der Waals surface area contributed by atoms with E-state index in [0.29, 0.717) is 11.7 Å². The Bertz CT molecular complexity index is 1040. The van der Waals surface area contributed by atoms with Crippen molar-refractivity contribution in [1.82, 2.24) is 24.7 Å². The fourth-order valence-corrected chi connectivity index (χ4v) is 2.42. The maximum Gasteiger partial charge on any atom is 0.330 e. The summed E-state index contributed by atoms with van der Waals surface area (Å²) in [5, 5.41) is 4.00. The van der Waals surface area contributed by atoms with Crippen LogP contribution < -0.4 is 5.69 Å². The Morgan fingerprint density at radius 3 is 2.67 bits per heavy atom. The molecule has 3 heterocycles. The van der Waals surface area contributed by atoms with Crippen LogP contribution in [0.4, 0.5) is 0 Å². The summed E-state index contributed by atoms with van der Waals surface area (Å²) in [5.74, 6) is 0.909. The molecule has 0 fully saturated rings. The minimum atomic E-state index is -0.185. The Morgan fingerprint density at radius 1 is 1.12 bits per heavy atom. The summed E-state index contributed by atoms with van der Waals surface area (Å²) in [4.78, 5) is 22.8. The largest absolute Gasteiger partial charge is 0.334 e. The maximum atomic E-state index is 11.6. The molecule has 0 aliphatic heterocycles. The lowest BCUT2D eigenvalue weighted by Crippen LogP contribution is -2.13. The smallest absolute Gasteiger partial charge is 0.330 e. The van der Waals surface area contributed by atoms with Crippen LogP contribution in [0.3, 0.4) is 0 Å². The van der Waals surface area contributed by atoms with E-state index in [-0.39, 0.29) is 5.69 Å². The summed E-state index contributed by atoms with van der Waals surface area (Å²) in [6.45, 7) is 1.96. The second-order valence-corrected chi connectivity index (χ2v) is 5.36. The Hall–Kier alpha value is -3.48. The predicted octanol–water partition coefficient (Wildman–Crippen LogP) is 2.59. The number of imidazole rings is 1. The van der Waals surface area contributed by atoms with Crippen LogP contribution in [0.25, 0.3) is 28.5 Å². The van der Waals surface area contributed by atoms with Crippen molar-refractivity contribution in [3.63, 3.8) is 0 Å². The Labute approximate surface area is 136 Å². The van der Waals surface area contributed by atoms with Gasteiger partial charge in [-0.05, 0) is 42.8 Å². The Kier molecular flexibility index (Phi) is 3.31. The van der Waals surface area contributed by atoms with Gasteiger partial charge in [-0.3, -0.25) is 9.55 Å². The molecule has 4 rings (SSSR count). The van der Waals surface area contributed by atoms with Crippen molar-refractivity contribution in [2.24, 2.45) is 0 Å². The third-order valence-corrected chi connectivity index (χ3v) is 3.60. The summed E-state index contributed by atoms with van der Waals surface area (Å²) in [6, 6.07) is 9.26. The van der Waals surface area contributed by atoms with E-state index < -0.39 is 0 Å². The summed E-state index contributed by atoms with van der Waals surface area (Å²) in [7, 11) is 0. The van der Waals surface area contributed by atoms with Gasteiger partial charge >= 0.3 is 5.69 Å². The highest BCUT2D eigenvalue weighted by molar-refractivity contribution is 5.60. The fraction of sp³-hybridized carbons (Fsp3) is 0.0588. The molecular weight excluding hydrogens is 306 g/mol. The van der Waals surface area contributed by atoms with E-state index in [1.807, 2.05) is 37.3 Å². The zero-order chi connectivity index (χ0) is 16.5. The fourth-order valence-electron chi connectivity index (χ4n) is 2.42. The van der Waals surface area contributed by atoms with Gasteiger partial charge in [0.25, 0.3) is 5.89 Å². The van der Waals surface area contributed by atoms with E-state index in [2.05, 4.69) is 20.1 Å². The number of pyridine rings is 1. The van der Waals surface area contributed by atoms with E-state index in [1.54, 1.807) is 24.8 Å². The van der Waals surface area contributed by atoms with Gasteiger partial charge in [-0.15, -0.1) is 0 Å². The summed E-state index contributed by atoms with van der Waals surface area (Å²) in [5.41, 5.74) is 3.18. The average molecular weight is 319 g/mol. The van der Waals surface area contributed by atoms with E-state index >= 15 is 0 Å². The number of hydrogen-bond acceptors (Lipinski definition) is 5. The van der Waals surface area contributed by atoms with Crippen LogP contribution >= 0.6 is 0 Å². The second-order valence-electron chi connectivity index (χ2n) is 5.36. The molecule has 0 aliphatic carbocycles. The first-order valence-electron chi connectivity index (χ1n) is 7.33. The summed E-state index contributed by atoms with van der Waals surface area (Å²) < 4.78 is 6.85. The highest BCUT2D eigenvalue weighted by atomic mass is 16.5. The van der Waals surface area contributed by atoms with Gasteiger partial charge in [0.05, 0.1) is 5.69 Å². The van der Waals surface area contributed by atoms with Gasteiger partial charge in [0.2, 0.25) is 5.82 Å². The summed E-state index contributed by atoms with van der Waals surface area (Å²) >= 11 is 0. The lowest BCUT2D eigenvalue weighted by Gasteiger charge is -2.01. The molecule has 118 valence electrons. The normalized spacial score (nSPS) is 10.9. The van der Waals surface area contributed by atoms with E-state index in [0.717, 1.165) is 22.4 Å². The van der Waals surface area contributed by atoms with Crippen LogP contribution in [-0.4, -0.2) is 24.7 Å². The van der Waals surface area contributed by atoms with Gasteiger partial charge < -0.3 is 9.51 Å². The first kappa shape index (κ1) is 14.1. The molecule has 3 aromatic heterocycles. The molecule has 1 N–H and O–H groups in total. The highest BCUT2D eigenvalue weighted by Crippen LogP contribution is 2.23. The van der Waals surface area contributed by atoms with E-state index in [4.69, 9.17) is 4.52 Å². The highest BCUT2D eigenvalue weighted by Gasteiger charge is 2.11. The molecule has 7 heteroatoms. The van der Waals surface area contributed by atoms with Crippen molar-refractivity contribution in [1.29, 1.82) is 0 Å². The monoisotopic (exact) mass is 319 g/mol. The molecule has 24 heavy (non-hydrogen) atoms. The van der Waals surface area contributed by atoms with E-state index in [9.17, 15) is 4.79 Å². The molecule has 0 atom stereocenters. The van der Waals surface area contributed by atoms with Crippen LogP contribution in [0.5, 0.6) is 0 Å². The summed E-state index contributed by atoms with van der Waals surface area (Å²) in [6.07, 6.45) is 6.73. The number of aromatic nitrogens is 5. The number of nitrogens with one attached hydrogen (secondary N) is 1. The van der Waals surface area contributed by atoms with Crippen LogP contribution in [0, 0.1) is 6.92 Å². The van der Waals surface area contributed by atoms with Crippen molar-refractivity contribution in [3.8, 4) is 28.5 Å². The van der Waals surface area contributed by atoms with Gasteiger partial charge in [-0.1, -0.05) is 5.16 Å². The lowest BCUT2D eigenvalue weighted by atomic mass is 10.2. The Balaban J connectivity index is 1.65. The first-order valence-corrected chi connectivity index (χ1v) is 7.33. The van der Waals surface area contributed by atoms with Gasteiger partial charge in [0, 0.05) is 35.9 Å². The van der Waals surface area contributed by atoms with Gasteiger partial charge in [-0.2, -0.15) is 4.98 Å². The molecule has 0 unspecified atom stereocenters. The van der Waals surface area contributed by atoms with Crippen molar-refractivity contribution in [3.05, 3.63) is 71.2 Å². The quantitative estimate of drug-likeness (QED) is 0.627. The van der Waals surface area contributed by atoms with Crippen LogP contribution in [-0.2, 0) is 0 Å². The number of rotatable bonds is 3. The molecule has 7 nitrogen and oxygen atoms in total. The van der Waals surface area contributed by atoms with Crippen LogP contribution in [0.1, 0.15) is 5.56 Å².